The molecular formula is C15H21ClN4O3. The molecule has 1 aromatic rings. The molecule has 2 fully saturated rings. The Balaban J connectivity index is 0.00000192. The molecule has 1 saturated heterocycles. The van der Waals surface area contributed by atoms with Crippen molar-refractivity contribution in [1.29, 1.82) is 0 Å². The number of hydrogen-bond acceptors (Lipinski definition) is 4. The second kappa shape index (κ2) is 8.14. The summed E-state index contributed by atoms with van der Waals surface area (Å²) in [5, 5.41) is 11.5. The molecule has 7 nitrogen and oxygen atoms in total. The van der Waals surface area contributed by atoms with Crippen LogP contribution in [0.5, 0.6) is 0 Å². The maximum atomic E-state index is 12.0. The Morgan fingerprint density at radius 1 is 1.09 bits per heavy atom. The fourth-order valence-corrected chi connectivity index (χ4v) is 2.17. The number of rotatable bonds is 4. The third kappa shape index (κ3) is 5.38. The van der Waals surface area contributed by atoms with Crippen molar-refractivity contribution in [1.82, 2.24) is 10.6 Å². The number of hydrogen-bond donors (Lipinski definition) is 4. The Morgan fingerprint density at radius 3 is 2.30 bits per heavy atom. The third-order valence-corrected chi connectivity index (χ3v) is 3.54. The first kappa shape index (κ1) is 17.5. The fourth-order valence-electron chi connectivity index (χ4n) is 2.17. The van der Waals surface area contributed by atoms with Crippen LogP contribution >= 0.6 is 12.4 Å². The van der Waals surface area contributed by atoms with Crippen LogP contribution in [0.15, 0.2) is 24.3 Å². The van der Waals surface area contributed by atoms with Gasteiger partial charge in [0.1, 0.15) is 6.10 Å². The van der Waals surface area contributed by atoms with Crippen LogP contribution in [-0.4, -0.2) is 43.8 Å². The van der Waals surface area contributed by atoms with E-state index in [1.165, 1.54) is 0 Å². The van der Waals surface area contributed by atoms with Gasteiger partial charge in [-0.2, -0.15) is 0 Å². The summed E-state index contributed by atoms with van der Waals surface area (Å²) in [5.74, 6) is -0.167. The lowest BCUT2D eigenvalue weighted by molar-refractivity contribution is -0.128. The van der Waals surface area contributed by atoms with Gasteiger partial charge in [-0.25, -0.2) is 4.79 Å². The Labute approximate surface area is 140 Å². The van der Waals surface area contributed by atoms with E-state index in [2.05, 4.69) is 21.3 Å². The predicted octanol–water partition coefficient (Wildman–Crippen LogP) is 1.32. The first-order chi connectivity index (χ1) is 10.7. The summed E-state index contributed by atoms with van der Waals surface area (Å²) in [6.07, 6.45) is 1.64. The minimum atomic E-state index is -0.462. The summed E-state index contributed by atoms with van der Waals surface area (Å²) in [6, 6.07) is 7.13. The molecule has 0 bridgehead atoms. The molecule has 3 amide bonds. The standard InChI is InChI=1S/C15H20N4O3.ClH/c20-14(13-9-16-7-8-22-13)17-10-1-3-11(4-2-10)18-15(21)19-12-5-6-12;/h1-4,12-13,16H,5-9H2,(H,17,20)(H2,18,19,21);1H. The number of anilines is 2. The largest absolute Gasteiger partial charge is 0.366 e. The van der Waals surface area contributed by atoms with Gasteiger partial charge in [-0.1, -0.05) is 0 Å². The highest BCUT2D eigenvalue weighted by Gasteiger charge is 2.23. The van der Waals surface area contributed by atoms with Gasteiger partial charge < -0.3 is 26.0 Å². The van der Waals surface area contributed by atoms with Crippen molar-refractivity contribution in [3.63, 3.8) is 0 Å². The second-order valence-electron chi connectivity index (χ2n) is 5.50. The number of nitrogens with one attached hydrogen (secondary N) is 4. The molecule has 0 aromatic heterocycles. The average molecular weight is 341 g/mol. The molecule has 0 radical (unpaired) electrons. The van der Waals surface area contributed by atoms with E-state index in [1.54, 1.807) is 24.3 Å². The molecule has 2 aliphatic rings. The molecule has 1 atom stereocenters. The third-order valence-electron chi connectivity index (χ3n) is 3.54. The lowest BCUT2D eigenvalue weighted by atomic mass is 10.2. The van der Waals surface area contributed by atoms with Crippen LogP contribution in [-0.2, 0) is 9.53 Å². The molecule has 1 heterocycles. The van der Waals surface area contributed by atoms with Gasteiger partial charge in [-0.15, -0.1) is 12.4 Å². The normalized spacial score (nSPS) is 20.1. The summed E-state index contributed by atoms with van der Waals surface area (Å²) < 4.78 is 5.39. The molecule has 1 saturated carbocycles. The summed E-state index contributed by atoms with van der Waals surface area (Å²) in [6.45, 7) is 1.83. The zero-order chi connectivity index (χ0) is 15.4. The van der Waals surface area contributed by atoms with E-state index in [0.717, 1.165) is 19.4 Å². The number of benzene rings is 1. The van der Waals surface area contributed by atoms with Crippen LogP contribution in [0.4, 0.5) is 16.2 Å². The number of halogens is 1. The molecule has 1 aliphatic carbocycles. The first-order valence-electron chi connectivity index (χ1n) is 7.51. The van der Waals surface area contributed by atoms with Gasteiger partial charge >= 0.3 is 6.03 Å². The van der Waals surface area contributed by atoms with E-state index < -0.39 is 6.10 Å². The maximum Gasteiger partial charge on any atom is 0.319 e. The molecule has 0 spiro atoms. The number of ether oxygens (including phenoxy) is 1. The van der Waals surface area contributed by atoms with E-state index in [0.29, 0.717) is 30.6 Å². The van der Waals surface area contributed by atoms with Gasteiger partial charge in [-0.3, -0.25) is 4.79 Å². The summed E-state index contributed by atoms with van der Waals surface area (Å²) >= 11 is 0. The Hall–Kier alpha value is -1.83. The highest BCUT2D eigenvalue weighted by molar-refractivity contribution is 5.95. The summed E-state index contributed by atoms with van der Waals surface area (Å²) in [7, 11) is 0. The molecule has 8 heteroatoms. The maximum absolute atomic E-state index is 12.0. The zero-order valence-corrected chi connectivity index (χ0v) is 13.4. The number of carbonyl (C=O) groups is 2. The molecule has 3 rings (SSSR count). The minimum Gasteiger partial charge on any atom is -0.366 e. The lowest BCUT2D eigenvalue weighted by Gasteiger charge is -2.22. The molecule has 1 aromatic carbocycles. The molecule has 126 valence electrons. The van der Waals surface area contributed by atoms with Crippen LogP contribution in [0.1, 0.15) is 12.8 Å². The zero-order valence-electron chi connectivity index (χ0n) is 12.6. The number of carbonyl (C=O) groups excluding carboxylic acids is 2. The fraction of sp³-hybridized carbons (Fsp3) is 0.467. The monoisotopic (exact) mass is 340 g/mol. The van der Waals surface area contributed by atoms with E-state index in [1.807, 2.05) is 0 Å². The van der Waals surface area contributed by atoms with Crippen LogP contribution in [0, 0.1) is 0 Å². The minimum absolute atomic E-state index is 0. The summed E-state index contributed by atoms with van der Waals surface area (Å²) in [5.41, 5.74) is 1.36. The number of amides is 3. The molecule has 4 N–H and O–H groups in total. The van der Waals surface area contributed by atoms with Crippen molar-refractivity contribution in [2.75, 3.05) is 30.3 Å². The van der Waals surface area contributed by atoms with Crippen molar-refractivity contribution >= 4 is 35.7 Å². The van der Waals surface area contributed by atoms with E-state index >= 15 is 0 Å². The molecular weight excluding hydrogens is 320 g/mol. The van der Waals surface area contributed by atoms with Gasteiger partial charge in [0.25, 0.3) is 5.91 Å². The Morgan fingerprint density at radius 2 is 1.74 bits per heavy atom. The van der Waals surface area contributed by atoms with Crippen molar-refractivity contribution in [3.8, 4) is 0 Å². The SMILES string of the molecule is Cl.O=C(Nc1ccc(NC(=O)C2CNCCO2)cc1)NC1CC1. The van der Waals surface area contributed by atoms with E-state index in [4.69, 9.17) is 4.74 Å². The van der Waals surface area contributed by atoms with Gasteiger partial charge in [0.15, 0.2) is 0 Å². The quantitative estimate of drug-likeness (QED) is 0.665. The smallest absolute Gasteiger partial charge is 0.319 e. The number of urea groups is 1. The van der Waals surface area contributed by atoms with Crippen molar-refractivity contribution in [2.45, 2.75) is 25.0 Å². The van der Waals surface area contributed by atoms with Crippen LogP contribution < -0.4 is 21.3 Å². The predicted molar refractivity (Wildman–Crippen MR) is 90.1 cm³/mol. The van der Waals surface area contributed by atoms with Crippen molar-refractivity contribution < 1.29 is 14.3 Å². The Kier molecular flexibility index (Phi) is 6.20. The first-order valence-corrected chi connectivity index (χ1v) is 7.51. The van der Waals surface area contributed by atoms with Gasteiger partial charge in [-0.05, 0) is 37.1 Å². The number of morpholine rings is 1. The average Bonchev–Trinajstić information content (AvgIpc) is 3.34. The molecule has 23 heavy (non-hydrogen) atoms. The van der Waals surface area contributed by atoms with Gasteiger partial charge in [0, 0.05) is 30.5 Å². The highest BCUT2D eigenvalue weighted by atomic mass is 35.5. The molecule has 1 unspecified atom stereocenters. The Bertz CT molecular complexity index is 542. The van der Waals surface area contributed by atoms with Crippen LogP contribution in [0.3, 0.4) is 0 Å². The van der Waals surface area contributed by atoms with Crippen LogP contribution in [0.25, 0.3) is 0 Å². The van der Waals surface area contributed by atoms with Gasteiger partial charge in [0.2, 0.25) is 0 Å². The van der Waals surface area contributed by atoms with Crippen molar-refractivity contribution in [2.24, 2.45) is 0 Å². The van der Waals surface area contributed by atoms with E-state index in [9.17, 15) is 9.59 Å². The van der Waals surface area contributed by atoms with E-state index in [-0.39, 0.29) is 24.3 Å². The second-order valence-corrected chi connectivity index (χ2v) is 5.50. The van der Waals surface area contributed by atoms with Crippen LogP contribution in [0.2, 0.25) is 0 Å². The topological polar surface area (TPSA) is 91.5 Å². The molecule has 1 aliphatic heterocycles. The van der Waals surface area contributed by atoms with Crippen molar-refractivity contribution in [3.05, 3.63) is 24.3 Å². The highest BCUT2D eigenvalue weighted by Crippen LogP contribution is 2.19. The van der Waals surface area contributed by atoms with Gasteiger partial charge in [0.05, 0.1) is 6.61 Å². The summed E-state index contributed by atoms with van der Waals surface area (Å²) in [4.78, 5) is 23.6. The lowest BCUT2D eigenvalue weighted by Crippen LogP contribution is -2.45.